The minimum Gasteiger partial charge on any atom is -0.468 e. The highest BCUT2D eigenvalue weighted by Gasteiger charge is 2.38. The quantitative estimate of drug-likeness (QED) is 0.451. The Morgan fingerprint density at radius 1 is 0.880 bits per heavy atom. The molecule has 0 aromatic heterocycles. The highest BCUT2D eigenvalue weighted by atomic mass is 16.6. The van der Waals surface area contributed by atoms with Crippen LogP contribution >= 0.6 is 0 Å². The maximum absolute atomic E-state index is 12.1. The second-order valence-electron chi connectivity index (χ2n) is 5.30. The van der Waals surface area contributed by atoms with E-state index in [0.29, 0.717) is 5.56 Å². The summed E-state index contributed by atoms with van der Waals surface area (Å²) in [6.45, 7) is 0.277. The molecule has 0 saturated carbocycles. The van der Waals surface area contributed by atoms with Gasteiger partial charge in [0.1, 0.15) is 0 Å². The first kappa shape index (κ1) is 18.6. The molecule has 0 radical (unpaired) electrons. The van der Waals surface area contributed by atoms with E-state index in [0.717, 1.165) is 5.56 Å². The van der Waals surface area contributed by atoms with Gasteiger partial charge in [-0.2, -0.15) is 5.48 Å². The van der Waals surface area contributed by atoms with Gasteiger partial charge in [-0.05, 0) is 11.1 Å². The third-order valence-corrected chi connectivity index (χ3v) is 3.69. The molecule has 1 N–H and O–H groups in total. The van der Waals surface area contributed by atoms with Gasteiger partial charge in [0.25, 0.3) is 0 Å². The summed E-state index contributed by atoms with van der Waals surface area (Å²) in [4.78, 5) is 29.8. The summed E-state index contributed by atoms with van der Waals surface area (Å²) in [5.74, 6) is -2.58. The van der Waals surface area contributed by atoms with Crippen LogP contribution in [0.1, 0.15) is 17.2 Å². The number of carbonyl (C=O) groups excluding carboxylic acids is 2. The lowest BCUT2D eigenvalue weighted by atomic mass is 9.93. The van der Waals surface area contributed by atoms with Crippen molar-refractivity contribution in [2.45, 2.75) is 12.6 Å². The SMILES string of the molecule is COC(=O)C(C(=O)OC)[C@@H](NOCc1ccccc1)c1ccccc1. The summed E-state index contributed by atoms with van der Waals surface area (Å²) in [5.41, 5.74) is 4.47. The van der Waals surface area contributed by atoms with Crippen molar-refractivity contribution in [1.82, 2.24) is 5.48 Å². The van der Waals surface area contributed by atoms with Crippen molar-refractivity contribution in [1.29, 1.82) is 0 Å². The Morgan fingerprint density at radius 2 is 1.40 bits per heavy atom. The number of carbonyl (C=O) groups is 2. The molecule has 0 fully saturated rings. The Balaban J connectivity index is 2.19. The molecular formula is C19H21NO5. The number of ether oxygens (including phenoxy) is 2. The van der Waals surface area contributed by atoms with E-state index >= 15 is 0 Å². The van der Waals surface area contributed by atoms with E-state index in [1.165, 1.54) is 14.2 Å². The molecule has 0 saturated heterocycles. The van der Waals surface area contributed by atoms with Crippen LogP contribution in [0.4, 0.5) is 0 Å². The fourth-order valence-corrected chi connectivity index (χ4v) is 2.40. The fourth-order valence-electron chi connectivity index (χ4n) is 2.40. The standard InChI is InChI=1S/C19H21NO5/c1-23-18(21)16(19(22)24-2)17(15-11-7-4-8-12-15)20-25-13-14-9-5-3-6-10-14/h3-12,16-17,20H,13H2,1-2H3/t17-/m0/s1. The number of benzene rings is 2. The molecule has 0 aliphatic rings. The molecule has 0 aliphatic heterocycles. The van der Waals surface area contributed by atoms with E-state index in [-0.39, 0.29) is 6.61 Å². The molecule has 6 heteroatoms. The lowest BCUT2D eigenvalue weighted by Gasteiger charge is -2.24. The average molecular weight is 343 g/mol. The van der Waals surface area contributed by atoms with Crippen LogP contribution in [0.15, 0.2) is 60.7 Å². The summed E-state index contributed by atoms with van der Waals surface area (Å²) < 4.78 is 9.53. The highest BCUT2D eigenvalue weighted by Crippen LogP contribution is 2.25. The monoisotopic (exact) mass is 343 g/mol. The predicted octanol–water partition coefficient (Wildman–Crippen LogP) is 2.41. The van der Waals surface area contributed by atoms with Gasteiger partial charge in [0.15, 0.2) is 5.92 Å². The first-order valence-electron chi connectivity index (χ1n) is 7.79. The van der Waals surface area contributed by atoms with Gasteiger partial charge in [0.05, 0.1) is 26.9 Å². The van der Waals surface area contributed by atoms with Crippen molar-refractivity contribution < 1.29 is 23.9 Å². The van der Waals surface area contributed by atoms with Crippen LogP contribution in [0.3, 0.4) is 0 Å². The van der Waals surface area contributed by atoms with Gasteiger partial charge < -0.3 is 9.47 Å². The summed E-state index contributed by atoms with van der Waals surface area (Å²) in [5, 5.41) is 0. The van der Waals surface area contributed by atoms with Crippen molar-refractivity contribution in [2.24, 2.45) is 5.92 Å². The first-order chi connectivity index (χ1) is 12.2. The fraction of sp³-hybridized carbons (Fsp3) is 0.263. The van der Waals surface area contributed by atoms with E-state index in [4.69, 9.17) is 14.3 Å². The van der Waals surface area contributed by atoms with Crippen molar-refractivity contribution in [3.8, 4) is 0 Å². The summed E-state index contributed by atoms with van der Waals surface area (Å²) in [6, 6.07) is 17.9. The molecule has 6 nitrogen and oxygen atoms in total. The van der Waals surface area contributed by atoms with Crippen molar-refractivity contribution in [3.63, 3.8) is 0 Å². The second kappa shape index (κ2) is 9.56. The zero-order valence-corrected chi connectivity index (χ0v) is 14.2. The van der Waals surface area contributed by atoms with Crippen LogP contribution in [0.2, 0.25) is 0 Å². The predicted molar refractivity (Wildman–Crippen MR) is 91.1 cm³/mol. The number of esters is 2. The van der Waals surface area contributed by atoms with Gasteiger partial charge >= 0.3 is 11.9 Å². The molecule has 25 heavy (non-hydrogen) atoms. The minimum atomic E-state index is -1.19. The largest absolute Gasteiger partial charge is 0.468 e. The lowest BCUT2D eigenvalue weighted by molar-refractivity contribution is -0.163. The Hall–Kier alpha value is -2.70. The van der Waals surface area contributed by atoms with Gasteiger partial charge in [-0.25, -0.2) is 0 Å². The molecule has 0 spiro atoms. The second-order valence-corrected chi connectivity index (χ2v) is 5.30. The van der Waals surface area contributed by atoms with E-state index in [1.807, 2.05) is 48.5 Å². The van der Waals surface area contributed by atoms with Gasteiger partial charge in [0.2, 0.25) is 0 Å². The number of nitrogens with one attached hydrogen (secondary N) is 1. The number of hydrogen-bond acceptors (Lipinski definition) is 6. The van der Waals surface area contributed by atoms with E-state index < -0.39 is 23.9 Å². The van der Waals surface area contributed by atoms with Crippen molar-refractivity contribution >= 4 is 11.9 Å². The Labute approximate surface area is 146 Å². The Kier molecular flexibility index (Phi) is 7.13. The number of hydrogen-bond donors (Lipinski definition) is 1. The molecule has 2 aromatic carbocycles. The summed E-state index contributed by atoms with van der Waals surface area (Å²) >= 11 is 0. The molecule has 0 unspecified atom stereocenters. The van der Waals surface area contributed by atoms with Crippen LogP contribution in [0, 0.1) is 5.92 Å². The smallest absolute Gasteiger partial charge is 0.322 e. The Bertz CT molecular complexity index is 659. The van der Waals surface area contributed by atoms with Crippen molar-refractivity contribution in [3.05, 3.63) is 71.8 Å². The summed E-state index contributed by atoms with van der Waals surface area (Å²) in [7, 11) is 2.45. The van der Waals surface area contributed by atoms with Crippen LogP contribution in [-0.2, 0) is 30.5 Å². The zero-order chi connectivity index (χ0) is 18.1. The topological polar surface area (TPSA) is 73.9 Å². The number of methoxy groups -OCH3 is 2. The molecule has 2 aromatic rings. The molecule has 0 amide bonds. The molecule has 0 heterocycles. The van der Waals surface area contributed by atoms with Gasteiger partial charge in [-0.3, -0.25) is 14.4 Å². The molecular weight excluding hydrogens is 322 g/mol. The van der Waals surface area contributed by atoms with Crippen molar-refractivity contribution in [2.75, 3.05) is 14.2 Å². The van der Waals surface area contributed by atoms with E-state index in [2.05, 4.69) is 5.48 Å². The van der Waals surface area contributed by atoms with E-state index in [9.17, 15) is 9.59 Å². The number of hydroxylamine groups is 1. The third kappa shape index (κ3) is 5.14. The highest BCUT2D eigenvalue weighted by molar-refractivity contribution is 5.95. The molecule has 0 bridgehead atoms. The average Bonchev–Trinajstić information content (AvgIpc) is 2.68. The normalized spacial score (nSPS) is 11.8. The minimum absolute atomic E-state index is 0.277. The number of rotatable bonds is 8. The van der Waals surface area contributed by atoms with E-state index in [1.54, 1.807) is 12.1 Å². The zero-order valence-electron chi connectivity index (χ0n) is 14.2. The molecule has 1 atom stereocenters. The van der Waals surface area contributed by atoms with Gasteiger partial charge in [-0.1, -0.05) is 60.7 Å². The lowest BCUT2D eigenvalue weighted by Crippen LogP contribution is -2.39. The van der Waals surface area contributed by atoms with Gasteiger partial charge in [-0.15, -0.1) is 0 Å². The van der Waals surface area contributed by atoms with Crippen LogP contribution < -0.4 is 5.48 Å². The first-order valence-corrected chi connectivity index (χ1v) is 7.79. The maximum Gasteiger partial charge on any atom is 0.322 e. The Morgan fingerprint density at radius 3 is 1.92 bits per heavy atom. The van der Waals surface area contributed by atoms with Gasteiger partial charge in [0, 0.05) is 0 Å². The van der Waals surface area contributed by atoms with Crippen LogP contribution in [-0.4, -0.2) is 26.2 Å². The molecule has 0 aliphatic carbocycles. The maximum atomic E-state index is 12.1. The molecule has 2 rings (SSSR count). The van der Waals surface area contributed by atoms with Crippen LogP contribution in [0.5, 0.6) is 0 Å². The summed E-state index contributed by atoms with van der Waals surface area (Å²) in [6.07, 6.45) is 0. The molecule has 132 valence electrons. The van der Waals surface area contributed by atoms with Crippen LogP contribution in [0.25, 0.3) is 0 Å². The third-order valence-electron chi connectivity index (χ3n) is 3.69.